The predicted octanol–water partition coefficient (Wildman–Crippen LogP) is 26.1. The van der Waals surface area contributed by atoms with E-state index in [1.54, 1.807) is 6.20 Å². The summed E-state index contributed by atoms with van der Waals surface area (Å²) in [5.41, 5.74) is 21.8. The van der Waals surface area contributed by atoms with Crippen LogP contribution in [0.3, 0.4) is 0 Å². The third-order valence-corrected chi connectivity index (χ3v) is 34.6. The van der Waals surface area contributed by atoms with E-state index >= 15 is 0 Å². The topological polar surface area (TPSA) is 143 Å². The van der Waals surface area contributed by atoms with Crippen molar-refractivity contribution < 1.29 is 73.6 Å². The fourth-order valence-corrected chi connectivity index (χ4v) is 22.6. The van der Waals surface area contributed by atoms with Crippen LogP contribution in [0.1, 0.15) is 50.2 Å². The molecule has 3 radical (unpaired) electrons. The quantitative estimate of drug-likeness (QED) is 0.0674. The standard InChI is InChI=1S/C25H29N2OSi.C23H25N2OSi.C20H18NOSi.3C14H16NSi.3Ir/c1-15(2)10-19-13-21(26-14-24(19)29(5,6)7)18-8-9-22-20(12-18)25-17(4)27-16(3)11-23(25)28-22;1-15(2)11-17-13-20(25-14-22(17)27(3,4)5)16-8-9-21-19(12-16)18-7-6-10-24-23(18)26-21;1-23(2,3)14-11-12-18(21-13-14)17-9-6-8-16-15-7-4-5-10-19(15)22-20(16)17;3*1-16(2,3)13-9-10-14(15-11-13)12-7-5-4-6-8-12;;;/h9,11-15H,10H2,1-7H3;6-7,9-10,12-15H,11H2,1-5H3;4-8,10-13H,1-3H3;3*4-7,9-11H,1-3H3;;;/q6*-1;;;. The number of aromatic nitrogens is 8. The molecule has 0 bridgehead atoms. The average Bonchev–Trinajstić information content (AvgIpc) is 1.52. The zero-order valence-corrected chi connectivity index (χ0v) is 92.8. The van der Waals surface area contributed by atoms with Crippen LogP contribution >= 0.6 is 0 Å². The van der Waals surface area contributed by atoms with Crippen LogP contribution in [0.5, 0.6) is 0 Å². The molecule has 0 amide bonds. The first-order valence-corrected chi connectivity index (χ1v) is 65.2. The van der Waals surface area contributed by atoms with Crippen LogP contribution in [0.25, 0.3) is 133 Å². The zero-order chi connectivity index (χ0) is 90.9. The van der Waals surface area contributed by atoms with Gasteiger partial charge >= 0.3 is 0 Å². The number of hydrogen-bond acceptors (Lipinski definition) is 11. The molecule has 11 aromatic heterocycles. The maximum absolute atomic E-state index is 6.07. The molecule has 0 spiro atoms. The Morgan fingerprint density at radius 3 is 1.12 bits per heavy atom. The van der Waals surface area contributed by atoms with Gasteiger partial charge in [0, 0.05) is 137 Å². The minimum absolute atomic E-state index is 0. The van der Waals surface area contributed by atoms with Crippen molar-refractivity contribution in [2.24, 2.45) is 11.8 Å². The van der Waals surface area contributed by atoms with E-state index in [1.807, 2.05) is 166 Å². The van der Waals surface area contributed by atoms with Crippen LogP contribution in [-0.4, -0.2) is 88.3 Å². The largest absolute Gasteiger partial charge is 0.501 e. The summed E-state index contributed by atoms with van der Waals surface area (Å²) in [7, 11) is -7.90. The summed E-state index contributed by atoms with van der Waals surface area (Å²) in [6.07, 6.45) is 16.2. The molecule has 11 nitrogen and oxygen atoms in total. The second-order valence-corrected chi connectivity index (χ2v) is 70.3. The molecule has 0 saturated carbocycles. The van der Waals surface area contributed by atoms with Crippen LogP contribution in [0.15, 0.2) is 269 Å². The van der Waals surface area contributed by atoms with E-state index in [-0.39, 0.29) is 60.3 Å². The van der Waals surface area contributed by atoms with E-state index in [0.29, 0.717) is 17.5 Å². The maximum Gasteiger partial charge on any atom is 0.216 e. The average molecular weight is 2350 g/mol. The third kappa shape index (κ3) is 26.0. The molecule has 20 heteroatoms. The summed E-state index contributed by atoms with van der Waals surface area (Å²) in [5, 5.41) is 15.0. The molecule has 11 heterocycles. The first kappa shape index (κ1) is 102. The van der Waals surface area contributed by atoms with Crippen molar-refractivity contribution in [2.75, 3.05) is 0 Å². The summed E-state index contributed by atoms with van der Waals surface area (Å²) in [5.74, 6) is 1.23. The Morgan fingerprint density at radius 2 is 0.715 bits per heavy atom. The van der Waals surface area contributed by atoms with E-state index in [1.165, 1.54) is 42.2 Å². The van der Waals surface area contributed by atoms with Crippen LogP contribution in [0.4, 0.5) is 0 Å². The van der Waals surface area contributed by atoms with Crippen LogP contribution < -0.4 is 31.1 Å². The molecule has 0 fully saturated rings. The van der Waals surface area contributed by atoms with Gasteiger partial charge in [-0.1, -0.05) is 257 Å². The van der Waals surface area contributed by atoms with E-state index in [9.17, 15) is 0 Å². The molecule has 0 aliphatic carbocycles. The van der Waals surface area contributed by atoms with Crippen molar-refractivity contribution in [2.45, 2.75) is 172 Å². The van der Waals surface area contributed by atoms with Gasteiger partial charge in [0.1, 0.15) is 11.2 Å². The number of pyridine rings is 8. The van der Waals surface area contributed by atoms with Crippen molar-refractivity contribution in [3.63, 3.8) is 0 Å². The maximum atomic E-state index is 6.07. The monoisotopic (exact) mass is 2350 g/mol. The van der Waals surface area contributed by atoms with Crippen molar-refractivity contribution in [1.29, 1.82) is 0 Å². The molecule has 0 saturated heterocycles. The molecule has 0 aliphatic rings. The van der Waals surface area contributed by atoms with E-state index in [2.05, 4.69) is 309 Å². The van der Waals surface area contributed by atoms with Crippen molar-refractivity contribution >= 4 is 146 Å². The van der Waals surface area contributed by atoms with Gasteiger partial charge in [-0.3, -0.25) is 4.98 Å². The summed E-state index contributed by atoms with van der Waals surface area (Å²) in [6.45, 7) is 55.4. The van der Waals surface area contributed by atoms with Gasteiger partial charge in [-0.2, -0.15) is 0 Å². The second kappa shape index (κ2) is 43.8. The SMILES string of the molecule is CC(C)Cc1cc(-c2[c-]cc3oc4ncccc4c3c2)ncc1[Si](C)(C)C.C[Si](C)(C)c1ccc(-c2[c-]ccc3c2oc2ccccc23)nc1.C[Si](C)(C)c1ccc(-c2[c-]cccc2)nc1.C[Si](C)(C)c1ccc(-c2[c-]cccc2)nc1.C[Si](C)(C)c1ccc(-c2[c-]cccc2)nc1.Cc1cc2oc3c[c-]c(-c4cc(CC(C)C)c([Si](C)(C)C)cn4)cc3c2c(C)n1.[Ir].[Ir].[Ir]. The Balaban J connectivity index is 0.000000164. The van der Waals surface area contributed by atoms with Gasteiger partial charge in [0.25, 0.3) is 0 Å². The number of hydrogen-bond donors (Lipinski definition) is 0. The molecule has 0 unspecified atom stereocenters. The van der Waals surface area contributed by atoms with Gasteiger partial charge in [0.15, 0.2) is 0 Å². The summed E-state index contributed by atoms with van der Waals surface area (Å²) in [6, 6.07) is 91.4. The van der Waals surface area contributed by atoms with Crippen molar-refractivity contribution in [3.05, 3.63) is 315 Å². The minimum Gasteiger partial charge on any atom is -0.501 e. The fourth-order valence-electron chi connectivity index (χ4n) is 15.3. The molecule has 18 aromatic rings. The number of nitrogens with zero attached hydrogens (tertiary/aromatic N) is 8. The molecule has 0 atom stereocenters. The number of furan rings is 3. The van der Waals surface area contributed by atoms with Crippen LogP contribution in [0.2, 0.25) is 118 Å². The Labute approximate surface area is 817 Å². The molecule has 130 heavy (non-hydrogen) atoms. The van der Waals surface area contributed by atoms with Gasteiger partial charge in [-0.25, -0.2) is 4.98 Å². The number of aryl methyl sites for hydroxylation is 2. The number of rotatable bonds is 16. The second-order valence-electron chi connectivity index (χ2n) is 39.9. The van der Waals surface area contributed by atoms with E-state index in [0.717, 1.165) is 152 Å². The molecule has 675 valence electrons. The van der Waals surface area contributed by atoms with E-state index in [4.69, 9.17) is 23.2 Å². The Hall–Kier alpha value is -9.61. The normalized spacial score (nSPS) is 11.7. The summed E-state index contributed by atoms with van der Waals surface area (Å²) >= 11 is 0. The number of para-hydroxylation sites is 1. The molecule has 7 aromatic carbocycles. The smallest absolute Gasteiger partial charge is 0.216 e. The summed E-state index contributed by atoms with van der Waals surface area (Å²) < 4.78 is 18.0. The number of fused-ring (bicyclic) bond motifs is 9. The minimum atomic E-state index is -1.45. The van der Waals surface area contributed by atoms with Crippen molar-refractivity contribution in [1.82, 2.24) is 39.9 Å². The van der Waals surface area contributed by atoms with Crippen LogP contribution in [-0.2, 0) is 73.2 Å². The predicted molar refractivity (Wildman–Crippen MR) is 553 cm³/mol. The van der Waals surface area contributed by atoms with Gasteiger partial charge in [-0.05, 0) is 122 Å². The molecular formula is C110H120Ir3N8O3Si6-6. The number of benzene rings is 7. The Morgan fingerprint density at radius 1 is 0.308 bits per heavy atom. The Kier molecular flexibility index (Phi) is 34.6. The first-order chi connectivity index (χ1) is 60.2. The van der Waals surface area contributed by atoms with E-state index < -0.39 is 48.4 Å². The van der Waals surface area contributed by atoms with Gasteiger partial charge < -0.3 is 43.2 Å². The van der Waals surface area contributed by atoms with Gasteiger partial charge in [-0.15, -0.1) is 173 Å². The molecule has 0 aliphatic heterocycles. The van der Waals surface area contributed by atoms with Gasteiger partial charge in [0.2, 0.25) is 5.71 Å². The third-order valence-electron chi connectivity index (χ3n) is 22.3. The molecule has 18 rings (SSSR count). The van der Waals surface area contributed by atoms with Gasteiger partial charge in [0.05, 0.1) is 65.2 Å². The Bertz CT molecular complexity index is 6550. The molecular weight excluding hydrogens is 2230 g/mol. The zero-order valence-electron chi connectivity index (χ0n) is 79.6. The fraction of sp³-hybridized carbons (Fsp3) is 0.255. The summed E-state index contributed by atoms with van der Waals surface area (Å²) in [4.78, 5) is 36.8. The first-order valence-electron chi connectivity index (χ1n) is 44.2. The van der Waals surface area contributed by atoms with Crippen LogP contribution in [0, 0.1) is 62.1 Å². The van der Waals surface area contributed by atoms with Crippen molar-refractivity contribution in [3.8, 4) is 67.5 Å². The molecule has 0 N–H and O–H groups in total.